The number of methoxy groups -OCH3 is 1. The summed E-state index contributed by atoms with van der Waals surface area (Å²) in [7, 11) is 3.71. The summed E-state index contributed by atoms with van der Waals surface area (Å²) in [6.45, 7) is 5.60. The first-order valence-electron chi connectivity index (χ1n) is 14.4. The molecule has 0 bridgehead atoms. The molecule has 3 N–H and O–H groups in total. The Labute approximate surface area is 237 Å². The fourth-order valence-corrected chi connectivity index (χ4v) is 5.53. The largest absolute Gasteiger partial charge is 0.497 e. The number of urea groups is 1. The van der Waals surface area contributed by atoms with E-state index in [0.29, 0.717) is 30.1 Å². The number of fused-ring (bicyclic) bond motifs is 1. The van der Waals surface area contributed by atoms with Gasteiger partial charge in [-0.05, 0) is 62.7 Å². The van der Waals surface area contributed by atoms with E-state index in [2.05, 4.69) is 41.6 Å². The van der Waals surface area contributed by atoms with Gasteiger partial charge in [0.2, 0.25) is 0 Å². The minimum atomic E-state index is -0.357. The molecule has 2 aromatic rings. The molecule has 9 nitrogen and oxygen atoms in total. The van der Waals surface area contributed by atoms with Crippen molar-refractivity contribution in [3.63, 3.8) is 0 Å². The van der Waals surface area contributed by atoms with Gasteiger partial charge in [-0.2, -0.15) is 0 Å². The number of amides is 3. The zero-order valence-corrected chi connectivity index (χ0v) is 24.2. The number of nitrogens with zero attached hydrogens (tertiary/aromatic N) is 2. The van der Waals surface area contributed by atoms with Crippen LogP contribution in [0.4, 0.5) is 10.5 Å². The molecule has 3 atom stereocenters. The molecule has 4 rings (SSSR count). The molecule has 1 aliphatic carbocycles. The van der Waals surface area contributed by atoms with Crippen LogP contribution in [0.15, 0.2) is 42.5 Å². The maximum Gasteiger partial charge on any atom is 0.319 e. The maximum atomic E-state index is 13.7. The van der Waals surface area contributed by atoms with Crippen LogP contribution in [-0.2, 0) is 6.54 Å². The highest BCUT2D eigenvalue weighted by atomic mass is 16.5. The number of carbonyl (C=O) groups excluding carboxylic acids is 2. The lowest BCUT2D eigenvalue weighted by Crippen LogP contribution is -2.49. The van der Waals surface area contributed by atoms with Crippen molar-refractivity contribution < 1.29 is 24.2 Å². The van der Waals surface area contributed by atoms with Crippen molar-refractivity contribution in [3.8, 4) is 11.5 Å². The van der Waals surface area contributed by atoms with E-state index < -0.39 is 0 Å². The third-order valence-corrected chi connectivity index (χ3v) is 7.97. The van der Waals surface area contributed by atoms with Gasteiger partial charge < -0.3 is 30.1 Å². The zero-order valence-electron chi connectivity index (χ0n) is 24.2. The summed E-state index contributed by atoms with van der Waals surface area (Å²) in [6.07, 6.45) is 5.26. The summed E-state index contributed by atoms with van der Waals surface area (Å²) >= 11 is 0. The molecular formula is C31H44N4O5. The Balaban J connectivity index is 1.52. The van der Waals surface area contributed by atoms with E-state index in [4.69, 9.17) is 9.47 Å². The van der Waals surface area contributed by atoms with Crippen molar-refractivity contribution in [2.45, 2.75) is 70.7 Å². The van der Waals surface area contributed by atoms with Crippen LogP contribution >= 0.6 is 0 Å². The molecule has 1 heterocycles. The SMILES string of the molecule is COc1ccc(CN(C)C[C@@H]2Oc3ccc(NC(=O)NC4CCCCC4)cc3C(=O)N([C@@H](C)CO)C[C@H]2C)cc1. The van der Waals surface area contributed by atoms with Gasteiger partial charge in [0.05, 0.1) is 25.3 Å². The number of aliphatic hydroxyl groups is 1. The predicted octanol–water partition coefficient (Wildman–Crippen LogP) is 4.50. The topological polar surface area (TPSA) is 103 Å². The number of aliphatic hydroxyl groups excluding tert-OH is 1. The maximum absolute atomic E-state index is 13.7. The van der Waals surface area contributed by atoms with E-state index in [1.165, 1.54) is 6.42 Å². The molecular weight excluding hydrogens is 508 g/mol. The van der Waals surface area contributed by atoms with Crippen molar-refractivity contribution in [1.29, 1.82) is 0 Å². The molecule has 2 aliphatic rings. The van der Waals surface area contributed by atoms with Crippen LogP contribution in [0.3, 0.4) is 0 Å². The Morgan fingerprint density at radius 3 is 2.58 bits per heavy atom. The molecule has 9 heteroatoms. The summed E-state index contributed by atoms with van der Waals surface area (Å²) in [5.41, 5.74) is 2.07. The molecule has 1 aliphatic heterocycles. The molecule has 218 valence electrons. The minimum absolute atomic E-state index is 0.0171. The first-order chi connectivity index (χ1) is 19.3. The van der Waals surface area contributed by atoms with E-state index in [1.54, 1.807) is 30.2 Å². The van der Waals surface area contributed by atoms with Gasteiger partial charge in [0, 0.05) is 37.3 Å². The lowest BCUT2D eigenvalue weighted by molar-refractivity contribution is 0.0341. The third-order valence-electron chi connectivity index (χ3n) is 7.97. The van der Waals surface area contributed by atoms with Gasteiger partial charge in [-0.3, -0.25) is 9.69 Å². The highest BCUT2D eigenvalue weighted by Crippen LogP contribution is 2.31. The van der Waals surface area contributed by atoms with Crippen molar-refractivity contribution in [2.75, 3.05) is 39.2 Å². The fraction of sp³-hybridized carbons (Fsp3) is 0.548. The van der Waals surface area contributed by atoms with E-state index in [1.807, 2.05) is 19.1 Å². The second-order valence-electron chi connectivity index (χ2n) is 11.3. The first-order valence-corrected chi connectivity index (χ1v) is 14.4. The Bertz CT molecular complexity index is 1140. The number of nitrogens with one attached hydrogen (secondary N) is 2. The van der Waals surface area contributed by atoms with Crippen LogP contribution in [0.5, 0.6) is 11.5 Å². The molecule has 1 fully saturated rings. The summed E-state index contributed by atoms with van der Waals surface area (Å²) in [6, 6.07) is 12.8. The van der Waals surface area contributed by atoms with Crippen LogP contribution < -0.4 is 20.1 Å². The van der Waals surface area contributed by atoms with Gasteiger partial charge in [0.1, 0.15) is 17.6 Å². The molecule has 0 unspecified atom stereocenters. The molecule has 40 heavy (non-hydrogen) atoms. The van der Waals surface area contributed by atoms with Crippen molar-refractivity contribution in [1.82, 2.24) is 15.1 Å². The number of likely N-dealkylation sites (N-methyl/N-ethyl adjacent to an activating group) is 1. The van der Waals surface area contributed by atoms with Gasteiger partial charge in [0.25, 0.3) is 5.91 Å². The summed E-state index contributed by atoms with van der Waals surface area (Å²) < 4.78 is 11.8. The average molecular weight is 553 g/mol. The molecule has 0 saturated heterocycles. The summed E-state index contributed by atoms with van der Waals surface area (Å²) in [5.74, 6) is 1.10. The van der Waals surface area contributed by atoms with Gasteiger partial charge in [-0.25, -0.2) is 4.79 Å². The minimum Gasteiger partial charge on any atom is -0.497 e. The predicted molar refractivity (Wildman–Crippen MR) is 156 cm³/mol. The number of hydrogen-bond donors (Lipinski definition) is 3. The Morgan fingerprint density at radius 2 is 1.90 bits per heavy atom. The Kier molecular flexibility index (Phi) is 10.3. The van der Waals surface area contributed by atoms with Crippen LogP contribution in [0.25, 0.3) is 0 Å². The quantitative estimate of drug-likeness (QED) is 0.423. The lowest BCUT2D eigenvalue weighted by Gasteiger charge is -2.38. The van der Waals surface area contributed by atoms with E-state index >= 15 is 0 Å². The molecule has 0 radical (unpaired) electrons. The second kappa shape index (κ2) is 13.9. The van der Waals surface area contributed by atoms with Crippen LogP contribution in [0, 0.1) is 5.92 Å². The normalized spacial score (nSPS) is 20.6. The lowest BCUT2D eigenvalue weighted by atomic mass is 9.96. The van der Waals surface area contributed by atoms with Crippen LogP contribution in [-0.4, -0.2) is 78.9 Å². The van der Waals surface area contributed by atoms with Gasteiger partial charge in [-0.1, -0.05) is 38.3 Å². The van der Waals surface area contributed by atoms with Crippen molar-refractivity contribution in [2.24, 2.45) is 5.92 Å². The number of hydrogen-bond acceptors (Lipinski definition) is 6. The highest BCUT2D eigenvalue weighted by Gasteiger charge is 2.33. The van der Waals surface area contributed by atoms with Gasteiger partial charge >= 0.3 is 6.03 Å². The monoisotopic (exact) mass is 552 g/mol. The first kappa shape index (κ1) is 29.7. The Hall–Kier alpha value is -3.30. The average Bonchev–Trinajstić information content (AvgIpc) is 2.95. The van der Waals surface area contributed by atoms with Crippen molar-refractivity contribution in [3.05, 3.63) is 53.6 Å². The fourth-order valence-electron chi connectivity index (χ4n) is 5.53. The van der Waals surface area contributed by atoms with Crippen LogP contribution in [0.1, 0.15) is 61.9 Å². The standard InChI is InChI=1S/C31H44N4O5/c1-21-17-35(22(2)20-36)30(37)27-16-25(33-31(38)32-24-8-6-5-7-9-24)12-15-28(27)40-29(21)19-34(3)18-23-10-13-26(39-4)14-11-23/h10-16,21-22,24,29,36H,5-9,17-20H2,1-4H3,(H2,32,33,38)/t21-,22+,29+/m1/s1. The number of carbonyl (C=O) groups is 2. The molecule has 1 saturated carbocycles. The number of ether oxygens (including phenoxy) is 2. The number of anilines is 1. The second-order valence-corrected chi connectivity index (χ2v) is 11.3. The molecule has 2 aromatic carbocycles. The zero-order chi connectivity index (χ0) is 28.6. The van der Waals surface area contributed by atoms with E-state index in [0.717, 1.165) is 43.5 Å². The van der Waals surface area contributed by atoms with Gasteiger partial charge in [0.15, 0.2) is 0 Å². The highest BCUT2D eigenvalue weighted by molar-refractivity contribution is 5.99. The van der Waals surface area contributed by atoms with Crippen LogP contribution in [0.2, 0.25) is 0 Å². The summed E-state index contributed by atoms with van der Waals surface area (Å²) in [4.78, 5) is 30.3. The third kappa shape index (κ3) is 7.67. The summed E-state index contributed by atoms with van der Waals surface area (Å²) in [5, 5.41) is 15.9. The Morgan fingerprint density at radius 1 is 1.18 bits per heavy atom. The smallest absolute Gasteiger partial charge is 0.319 e. The molecule has 0 aromatic heterocycles. The number of benzene rings is 2. The molecule has 0 spiro atoms. The van der Waals surface area contributed by atoms with Gasteiger partial charge in [-0.15, -0.1) is 0 Å². The van der Waals surface area contributed by atoms with Crippen molar-refractivity contribution >= 4 is 17.6 Å². The molecule has 3 amide bonds. The van der Waals surface area contributed by atoms with E-state index in [9.17, 15) is 14.7 Å². The number of rotatable bonds is 9. The van der Waals surface area contributed by atoms with E-state index in [-0.39, 0.29) is 42.7 Å².